The molecule has 0 radical (unpaired) electrons. The summed E-state index contributed by atoms with van der Waals surface area (Å²) in [6, 6.07) is 5.74. The fourth-order valence-corrected chi connectivity index (χ4v) is 3.63. The lowest BCUT2D eigenvalue weighted by Crippen LogP contribution is -2.31. The Labute approximate surface area is 131 Å². The van der Waals surface area contributed by atoms with Gasteiger partial charge in [0.15, 0.2) is 0 Å². The summed E-state index contributed by atoms with van der Waals surface area (Å²) < 4.78 is 5.37. The molecule has 2 rings (SSSR count). The second-order valence-corrected chi connectivity index (χ2v) is 6.29. The molecule has 20 heavy (non-hydrogen) atoms. The van der Waals surface area contributed by atoms with Crippen molar-refractivity contribution in [2.75, 3.05) is 19.5 Å². The van der Waals surface area contributed by atoms with E-state index in [2.05, 4.69) is 5.32 Å². The molecule has 0 amide bonds. The molecule has 2 atom stereocenters. The standard InChI is InChI=1S/C16H23Cl2NO/c1-20-16-7-6-15(18)8-14(16)11-19-10-13-5-3-2-4-12(13)9-17/h6-8,12-13,19H,2-5,9-11H2,1H3. The number of hydrogen-bond donors (Lipinski definition) is 1. The lowest BCUT2D eigenvalue weighted by molar-refractivity contribution is 0.250. The van der Waals surface area contributed by atoms with E-state index in [0.29, 0.717) is 11.8 Å². The molecular weight excluding hydrogens is 293 g/mol. The summed E-state index contributed by atoms with van der Waals surface area (Å²) in [5.41, 5.74) is 1.11. The van der Waals surface area contributed by atoms with Gasteiger partial charge in [-0.25, -0.2) is 0 Å². The van der Waals surface area contributed by atoms with Crippen LogP contribution in [0.5, 0.6) is 5.75 Å². The zero-order valence-corrected chi connectivity index (χ0v) is 13.5. The highest BCUT2D eigenvalue weighted by Crippen LogP contribution is 2.30. The minimum Gasteiger partial charge on any atom is -0.496 e. The fourth-order valence-electron chi connectivity index (χ4n) is 3.03. The zero-order chi connectivity index (χ0) is 14.4. The minimum absolute atomic E-state index is 0.666. The Bertz CT molecular complexity index is 425. The predicted molar refractivity (Wildman–Crippen MR) is 85.9 cm³/mol. The summed E-state index contributed by atoms with van der Waals surface area (Å²) in [4.78, 5) is 0. The molecule has 2 unspecified atom stereocenters. The summed E-state index contributed by atoms with van der Waals surface area (Å²) in [5.74, 6) is 3.04. The van der Waals surface area contributed by atoms with E-state index in [1.54, 1.807) is 7.11 Å². The van der Waals surface area contributed by atoms with Gasteiger partial charge >= 0.3 is 0 Å². The Morgan fingerprint density at radius 2 is 2.00 bits per heavy atom. The number of hydrogen-bond acceptors (Lipinski definition) is 2. The van der Waals surface area contributed by atoms with Crippen molar-refractivity contribution in [3.8, 4) is 5.75 Å². The van der Waals surface area contributed by atoms with Crippen molar-refractivity contribution >= 4 is 23.2 Å². The van der Waals surface area contributed by atoms with Crippen LogP contribution in [0.3, 0.4) is 0 Å². The van der Waals surface area contributed by atoms with Crippen LogP contribution in [0.25, 0.3) is 0 Å². The van der Waals surface area contributed by atoms with Gasteiger partial charge in [-0.3, -0.25) is 0 Å². The minimum atomic E-state index is 0.666. The van der Waals surface area contributed by atoms with Crippen molar-refractivity contribution in [3.05, 3.63) is 28.8 Å². The van der Waals surface area contributed by atoms with E-state index >= 15 is 0 Å². The molecule has 1 fully saturated rings. The summed E-state index contributed by atoms with van der Waals surface area (Å²) in [5, 5.41) is 4.29. The van der Waals surface area contributed by atoms with Crippen LogP contribution in [0.2, 0.25) is 5.02 Å². The first kappa shape index (κ1) is 15.9. The van der Waals surface area contributed by atoms with Gasteiger partial charge in [-0.15, -0.1) is 11.6 Å². The molecule has 1 aromatic rings. The lowest BCUT2D eigenvalue weighted by Gasteiger charge is -2.30. The third-order valence-electron chi connectivity index (χ3n) is 4.23. The van der Waals surface area contributed by atoms with Gasteiger partial charge in [-0.05, 0) is 49.4 Å². The van der Waals surface area contributed by atoms with E-state index < -0.39 is 0 Å². The van der Waals surface area contributed by atoms with Crippen LogP contribution < -0.4 is 10.1 Å². The van der Waals surface area contributed by atoms with Crippen LogP contribution in [0.15, 0.2) is 18.2 Å². The molecule has 1 aliphatic rings. The van der Waals surface area contributed by atoms with E-state index in [9.17, 15) is 0 Å². The van der Waals surface area contributed by atoms with Gasteiger partial charge < -0.3 is 10.1 Å². The Balaban J connectivity index is 1.87. The lowest BCUT2D eigenvalue weighted by atomic mass is 9.80. The number of methoxy groups -OCH3 is 1. The second kappa shape index (κ2) is 8.11. The van der Waals surface area contributed by atoms with Gasteiger partial charge in [-0.2, -0.15) is 0 Å². The maximum absolute atomic E-state index is 6.07. The SMILES string of the molecule is COc1ccc(Cl)cc1CNCC1CCCCC1CCl. The van der Waals surface area contributed by atoms with Crippen LogP contribution in [0.1, 0.15) is 31.2 Å². The van der Waals surface area contributed by atoms with Crippen molar-refractivity contribution in [1.82, 2.24) is 5.32 Å². The van der Waals surface area contributed by atoms with Crippen LogP contribution in [0, 0.1) is 11.8 Å². The first-order valence-electron chi connectivity index (χ1n) is 7.33. The van der Waals surface area contributed by atoms with E-state index in [4.69, 9.17) is 27.9 Å². The van der Waals surface area contributed by atoms with Gasteiger partial charge in [0.05, 0.1) is 7.11 Å². The Morgan fingerprint density at radius 3 is 2.70 bits per heavy atom. The van der Waals surface area contributed by atoms with Gasteiger partial charge in [-0.1, -0.05) is 24.4 Å². The first-order valence-corrected chi connectivity index (χ1v) is 8.25. The number of rotatable bonds is 6. The van der Waals surface area contributed by atoms with Gasteiger partial charge in [0.1, 0.15) is 5.75 Å². The third kappa shape index (κ3) is 4.28. The first-order chi connectivity index (χ1) is 9.74. The Hall–Kier alpha value is -0.440. The normalized spacial score (nSPS) is 22.8. The van der Waals surface area contributed by atoms with E-state index in [0.717, 1.165) is 35.3 Å². The van der Waals surface area contributed by atoms with Gasteiger partial charge in [0.25, 0.3) is 0 Å². The molecule has 112 valence electrons. The molecule has 2 nitrogen and oxygen atoms in total. The highest BCUT2D eigenvalue weighted by Gasteiger charge is 2.23. The maximum atomic E-state index is 6.07. The van der Waals surface area contributed by atoms with Crippen molar-refractivity contribution in [2.45, 2.75) is 32.2 Å². The molecule has 4 heteroatoms. The summed E-state index contributed by atoms with van der Waals surface area (Å²) >= 11 is 12.1. The van der Waals surface area contributed by atoms with Crippen LogP contribution >= 0.6 is 23.2 Å². The smallest absolute Gasteiger partial charge is 0.123 e. The van der Waals surface area contributed by atoms with E-state index in [1.807, 2.05) is 18.2 Å². The molecule has 0 aromatic heterocycles. The monoisotopic (exact) mass is 315 g/mol. The Morgan fingerprint density at radius 1 is 1.25 bits per heavy atom. The molecule has 1 aliphatic carbocycles. The maximum Gasteiger partial charge on any atom is 0.123 e. The predicted octanol–water partition coefficient (Wildman–Crippen LogP) is 4.48. The molecule has 0 aliphatic heterocycles. The molecule has 0 heterocycles. The summed E-state index contributed by atoms with van der Waals surface area (Å²) in [6.45, 7) is 1.81. The van der Waals surface area contributed by atoms with Crippen LogP contribution in [-0.2, 0) is 6.54 Å². The van der Waals surface area contributed by atoms with E-state index in [-0.39, 0.29) is 0 Å². The van der Waals surface area contributed by atoms with Gasteiger partial charge in [0, 0.05) is 23.0 Å². The topological polar surface area (TPSA) is 21.3 Å². The number of ether oxygens (including phenoxy) is 1. The molecule has 0 bridgehead atoms. The Kier molecular flexibility index (Phi) is 6.47. The quantitative estimate of drug-likeness (QED) is 0.781. The summed E-state index contributed by atoms with van der Waals surface area (Å²) in [6.07, 6.45) is 5.23. The highest BCUT2D eigenvalue weighted by atomic mass is 35.5. The average Bonchev–Trinajstić information content (AvgIpc) is 2.48. The zero-order valence-electron chi connectivity index (χ0n) is 12.0. The number of benzene rings is 1. The number of nitrogens with one attached hydrogen (secondary N) is 1. The molecule has 1 saturated carbocycles. The molecule has 1 N–H and O–H groups in total. The van der Waals surface area contributed by atoms with Crippen molar-refractivity contribution < 1.29 is 4.74 Å². The summed E-state index contributed by atoms with van der Waals surface area (Å²) in [7, 11) is 1.69. The molecule has 0 saturated heterocycles. The van der Waals surface area contributed by atoms with Crippen LogP contribution in [-0.4, -0.2) is 19.5 Å². The third-order valence-corrected chi connectivity index (χ3v) is 4.86. The van der Waals surface area contributed by atoms with Crippen molar-refractivity contribution in [2.24, 2.45) is 11.8 Å². The molecular formula is C16H23Cl2NO. The fraction of sp³-hybridized carbons (Fsp3) is 0.625. The molecule has 0 spiro atoms. The van der Waals surface area contributed by atoms with Crippen LogP contribution in [0.4, 0.5) is 0 Å². The number of alkyl halides is 1. The van der Waals surface area contributed by atoms with Gasteiger partial charge in [0.2, 0.25) is 0 Å². The van der Waals surface area contributed by atoms with Crippen molar-refractivity contribution in [1.29, 1.82) is 0 Å². The highest BCUT2D eigenvalue weighted by molar-refractivity contribution is 6.30. The van der Waals surface area contributed by atoms with Crippen molar-refractivity contribution in [3.63, 3.8) is 0 Å². The number of halogens is 2. The largest absolute Gasteiger partial charge is 0.496 e. The van der Waals surface area contributed by atoms with E-state index in [1.165, 1.54) is 25.7 Å². The second-order valence-electron chi connectivity index (χ2n) is 5.55. The average molecular weight is 316 g/mol. The molecule has 1 aromatic carbocycles.